The first-order valence-corrected chi connectivity index (χ1v) is 9.96. The van der Waals surface area contributed by atoms with Gasteiger partial charge in [0.1, 0.15) is 6.54 Å². The van der Waals surface area contributed by atoms with Crippen molar-refractivity contribution in [3.63, 3.8) is 0 Å². The number of unbranched alkanes of at least 4 members (excludes halogenated alkanes) is 1. The van der Waals surface area contributed by atoms with E-state index in [0.717, 1.165) is 24.9 Å². The first kappa shape index (κ1) is 21.7. The maximum atomic E-state index is 12.8. The fourth-order valence-electron chi connectivity index (χ4n) is 3.48. The normalized spacial score (nSPS) is 14.8. The van der Waals surface area contributed by atoms with Crippen molar-refractivity contribution in [2.24, 2.45) is 0 Å². The van der Waals surface area contributed by atoms with Crippen LogP contribution in [0.5, 0.6) is 0 Å². The third-order valence-corrected chi connectivity index (χ3v) is 4.74. The minimum Gasteiger partial charge on any atom is -0.463 e. The summed E-state index contributed by atoms with van der Waals surface area (Å²) in [4.78, 5) is 25.6. The summed E-state index contributed by atoms with van der Waals surface area (Å²) in [5.74, 6) is -1.38. The number of aryl methyl sites for hydroxylation is 1. The van der Waals surface area contributed by atoms with Gasteiger partial charge in [0.25, 0.3) is 0 Å². The number of esters is 2. The molecule has 0 radical (unpaired) electrons. The predicted octanol–water partition coefficient (Wildman–Crippen LogP) is 3.14. The highest BCUT2D eigenvalue weighted by Crippen LogP contribution is 2.38. The highest BCUT2D eigenvalue weighted by atomic mass is 16.5. The lowest BCUT2D eigenvalue weighted by Gasteiger charge is -2.29. The van der Waals surface area contributed by atoms with E-state index in [1.54, 1.807) is 13.8 Å². The van der Waals surface area contributed by atoms with E-state index in [-0.39, 0.29) is 13.2 Å². The van der Waals surface area contributed by atoms with Gasteiger partial charge >= 0.3 is 11.9 Å². The number of hydrogen-bond donors (Lipinski definition) is 1. The van der Waals surface area contributed by atoms with Crippen molar-refractivity contribution in [3.05, 3.63) is 52.6 Å². The van der Waals surface area contributed by atoms with Gasteiger partial charge in [0.05, 0.1) is 30.3 Å². The Labute approximate surface area is 167 Å². The number of rotatable bonds is 8. The molecule has 0 bridgehead atoms. The fourth-order valence-corrected chi connectivity index (χ4v) is 3.48. The van der Waals surface area contributed by atoms with Crippen molar-refractivity contribution in [2.45, 2.75) is 59.9 Å². The molecule has 1 aliphatic rings. The largest absolute Gasteiger partial charge is 0.463 e. The van der Waals surface area contributed by atoms with E-state index in [9.17, 15) is 9.59 Å². The monoisotopic (exact) mass is 387 g/mol. The van der Waals surface area contributed by atoms with E-state index >= 15 is 0 Å². The lowest BCUT2D eigenvalue weighted by molar-refractivity contribution is -0.697. The van der Waals surface area contributed by atoms with E-state index < -0.39 is 17.9 Å². The minimum absolute atomic E-state index is 0.269. The van der Waals surface area contributed by atoms with E-state index in [1.165, 1.54) is 0 Å². The Morgan fingerprint density at radius 1 is 1.04 bits per heavy atom. The van der Waals surface area contributed by atoms with Gasteiger partial charge in [-0.05, 0) is 33.8 Å². The molecule has 1 aliphatic heterocycles. The van der Waals surface area contributed by atoms with Crippen molar-refractivity contribution < 1.29 is 23.6 Å². The molecule has 2 heterocycles. The molecule has 1 aromatic rings. The lowest BCUT2D eigenvalue weighted by Crippen LogP contribution is -2.36. The summed E-state index contributed by atoms with van der Waals surface area (Å²) in [5, 5.41) is 3.16. The molecular weight excluding hydrogens is 356 g/mol. The number of hydrogen-bond acceptors (Lipinski definition) is 5. The second-order valence-electron chi connectivity index (χ2n) is 6.80. The Bertz CT molecular complexity index is 755. The fraction of sp³-hybridized carbons (Fsp3) is 0.500. The molecule has 0 fully saturated rings. The molecule has 0 aromatic carbocycles. The van der Waals surface area contributed by atoms with Crippen molar-refractivity contribution in [2.75, 3.05) is 13.2 Å². The average molecular weight is 388 g/mol. The summed E-state index contributed by atoms with van der Waals surface area (Å²) in [5.41, 5.74) is 3.15. The number of ether oxygens (including phenoxy) is 2. The highest BCUT2D eigenvalue weighted by molar-refractivity contribution is 5.99. The molecule has 0 unspecified atom stereocenters. The van der Waals surface area contributed by atoms with Gasteiger partial charge in [-0.3, -0.25) is 0 Å². The van der Waals surface area contributed by atoms with Crippen LogP contribution >= 0.6 is 0 Å². The van der Waals surface area contributed by atoms with Gasteiger partial charge < -0.3 is 14.8 Å². The van der Waals surface area contributed by atoms with Crippen LogP contribution in [0.3, 0.4) is 0 Å². The third-order valence-electron chi connectivity index (χ3n) is 4.74. The zero-order valence-corrected chi connectivity index (χ0v) is 17.5. The van der Waals surface area contributed by atoms with E-state index in [0.29, 0.717) is 22.5 Å². The third kappa shape index (κ3) is 4.80. The van der Waals surface area contributed by atoms with Crippen LogP contribution in [0.1, 0.15) is 58.9 Å². The van der Waals surface area contributed by atoms with Crippen LogP contribution in [0.4, 0.5) is 0 Å². The van der Waals surface area contributed by atoms with E-state index in [1.807, 2.05) is 38.4 Å². The first-order chi connectivity index (χ1) is 13.4. The van der Waals surface area contributed by atoms with Crippen LogP contribution in [0, 0.1) is 0 Å². The SMILES string of the molecule is CCCC[n+]1cccc(C2C(C(=O)OCC)=C(C)NC(C)=C2C(=O)OCC)c1. The summed E-state index contributed by atoms with van der Waals surface area (Å²) in [6.45, 7) is 10.8. The second kappa shape index (κ2) is 10.1. The summed E-state index contributed by atoms with van der Waals surface area (Å²) in [6.07, 6.45) is 6.15. The predicted molar refractivity (Wildman–Crippen MR) is 106 cm³/mol. The van der Waals surface area contributed by atoms with E-state index in [2.05, 4.69) is 16.8 Å². The number of nitrogens with one attached hydrogen (secondary N) is 1. The maximum absolute atomic E-state index is 12.8. The molecule has 28 heavy (non-hydrogen) atoms. The van der Waals surface area contributed by atoms with E-state index in [4.69, 9.17) is 9.47 Å². The van der Waals surface area contributed by atoms with Crippen LogP contribution in [0.25, 0.3) is 0 Å². The van der Waals surface area contributed by atoms with Gasteiger partial charge in [-0.1, -0.05) is 13.3 Å². The quantitative estimate of drug-likeness (QED) is 0.548. The summed E-state index contributed by atoms with van der Waals surface area (Å²) in [6, 6.07) is 3.89. The van der Waals surface area contributed by atoms with Gasteiger partial charge in [0, 0.05) is 29.4 Å². The molecule has 0 atom stereocenters. The summed E-state index contributed by atoms with van der Waals surface area (Å²) in [7, 11) is 0. The molecular formula is C22H31N2O4+. The molecule has 6 heteroatoms. The van der Waals surface area contributed by atoms with Crippen LogP contribution in [-0.4, -0.2) is 25.2 Å². The topological polar surface area (TPSA) is 68.5 Å². The van der Waals surface area contributed by atoms with Gasteiger partial charge in [0.2, 0.25) is 0 Å². The highest BCUT2D eigenvalue weighted by Gasteiger charge is 2.38. The number of carbonyl (C=O) groups excluding carboxylic acids is 2. The Balaban J connectivity index is 2.59. The van der Waals surface area contributed by atoms with Gasteiger partial charge in [0.15, 0.2) is 12.4 Å². The van der Waals surface area contributed by atoms with Crippen LogP contribution < -0.4 is 9.88 Å². The number of nitrogens with zero attached hydrogens (tertiary/aromatic N) is 1. The zero-order valence-electron chi connectivity index (χ0n) is 17.5. The van der Waals surface area contributed by atoms with Crippen LogP contribution in [0.15, 0.2) is 47.1 Å². The molecule has 0 aliphatic carbocycles. The molecule has 0 amide bonds. The Kier molecular flexibility index (Phi) is 7.79. The summed E-state index contributed by atoms with van der Waals surface area (Å²) >= 11 is 0. The second-order valence-corrected chi connectivity index (χ2v) is 6.80. The molecule has 152 valence electrons. The Morgan fingerprint density at radius 3 is 2.11 bits per heavy atom. The minimum atomic E-state index is -0.534. The van der Waals surface area contributed by atoms with Crippen molar-refractivity contribution in [1.29, 1.82) is 0 Å². The number of aromatic nitrogens is 1. The standard InChI is InChI=1S/C22H30N2O4/c1-6-9-12-24-13-10-11-17(14-24)20-18(21(25)27-7-2)15(4)23-16(5)19(20)22(26)28-8-3/h10-11,13-14,20H,6-9,12H2,1-5H3/p+1. The number of allylic oxidation sites excluding steroid dienone is 2. The van der Waals surface area contributed by atoms with Crippen molar-refractivity contribution in [1.82, 2.24) is 5.32 Å². The molecule has 0 saturated carbocycles. The molecule has 0 spiro atoms. The molecule has 0 saturated heterocycles. The Morgan fingerprint density at radius 2 is 1.61 bits per heavy atom. The summed E-state index contributed by atoms with van der Waals surface area (Å²) < 4.78 is 12.7. The Hall–Kier alpha value is -2.63. The zero-order chi connectivity index (χ0) is 20.7. The molecule has 1 aromatic heterocycles. The number of pyridine rings is 1. The van der Waals surface area contributed by atoms with Crippen LogP contribution in [-0.2, 0) is 25.6 Å². The number of carbonyl (C=O) groups is 2. The van der Waals surface area contributed by atoms with Crippen LogP contribution in [0.2, 0.25) is 0 Å². The first-order valence-electron chi connectivity index (χ1n) is 9.96. The smallest absolute Gasteiger partial charge is 0.336 e. The van der Waals surface area contributed by atoms with Gasteiger partial charge in [-0.25, -0.2) is 14.2 Å². The molecule has 6 nitrogen and oxygen atoms in total. The average Bonchev–Trinajstić information content (AvgIpc) is 2.66. The van der Waals surface area contributed by atoms with Gasteiger partial charge in [-0.2, -0.15) is 0 Å². The van der Waals surface area contributed by atoms with Crippen molar-refractivity contribution in [3.8, 4) is 0 Å². The van der Waals surface area contributed by atoms with Crippen molar-refractivity contribution >= 4 is 11.9 Å². The lowest BCUT2D eigenvalue weighted by atomic mass is 9.81. The number of dihydropyridines is 1. The maximum Gasteiger partial charge on any atom is 0.336 e. The molecule has 2 rings (SSSR count). The van der Waals surface area contributed by atoms with Gasteiger partial charge in [-0.15, -0.1) is 0 Å². The molecule has 1 N–H and O–H groups in total.